The van der Waals surface area contributed by atoms with Crippen LogP contribution in [0, 0.1) is 0 Å². The standard InChI is InChI=1S/C35H34N4O6S/c1-4-43-34(41)32-22(2)37-35(46)38-33(32)27-11-7-8-12-28(27)45-21-31(40)39-36-19-23-14-16-29(30(18-23)42-3)44-20-24-13-15-25-9-5-6-10-26(25)17-24/h5-19,33H,4,20-21H2,1-3H3,(H,39,40)(H2,37,38,46)/t33-/m1/s1. The van der Waals surface area contributed by atoms with Crippen LogP contribution in [0.2, 0.25) is 0 Å². The molecule has 0 aliphatic carbocycles. The minimum Gasteiger partial charge on any atom is -0.493 e. The molecule has 3 N–H and O–H groups in total. The number of fused-ring (bicyclic) bond motifs is 1. The first-order chi connectivity index (χ1) is 22.4. The third-order valence-electron chi connectivity index (χ3n) is 7.15. The molecule has 0 spiro atoms. The van der Waals surface area contributed by atoms with Gasteiger partial charge in [-0.05, 0) is 78.3 Å². The normalized spacial score (nSPS) is 14.4. The third kappa shape index (κ3) is 7.80. The zero-order valence-electron chi connectivity index (χ0n) is 25.7. The van der Waals surface area contributed by atoms with Gasteiger partial charge in [0, 0.05) is 11.3 Å². The fraction of sp³-hybridized carbons (Fsp3) is 0.200. The van der Waals surface area contributed by atoms with E-state index in [1.54, 1.807) is 51.3 Å². The topological polar surface area (TPSA) is 120 Å². The van der Waals surface area contributed by atoms with E-state index >= 15 is 0 Å². The van der Waals surface area contributed by atoms with Crippen LogP contribution in [-0.2, 0) is 20.9 Å². The number of rotatable bonds is 12. The van der Waals surface area contributed by atoms with Gasteiger partial charge in [-0.3, -0.25) is 4.79 Å². The van der Waals surface area contributed by atoms with E-state index in [0.29, 0.717) is 51.4 Å². The molecule has 0 radical (unpaired) electrons. The van der Waals surface area contributed by atoms with Gasteiger partial charge in [0.05, 0.1) is 31.5 Å². The first-order valence-corrected chi connectivity index (χ1v) is 15.0. The van der Waals surface area contributed by atoms with Crippen LogP contribution in [-0.4, -0.2) is 43.5 Å². The van der Waals surface area contributed by atoms with Crippen molar-refractivity contribution in [2.45, 2.75) is 26.5 Å². The van der Waals surface area contributed by atoms with Crippen LogP contribution in [0.5, 0.6) is 17.2 Å². The van der Waals surface area contributed by atoms with Crippen molar-refractivity contribution < 1.29 is 28.5 Å². The Morgan fingerprint density at radius 2 is 1.72 bits per heavy atom. The molecule has 1 amide bonds. The van der Waals surface area contributed by atoms with Gasteiger partial charge < -0.3 is 29.6 Å². The van der Waals surface area contributed by atoms with Crippen LogP contribution in [0.1, 0.15) is 36.6 Å². The van der Waals surface area contributed by atoms with E-state index in [1.165, 1.54) is 11.6 Å². The van der Waals surface area contributed by atoms with E-state index in [2.05, 4.69) is 45.4 Å². The minimum atomic E-state index is -0.625. The summed E-state index contributed by atoms with van der Waals surface area (Å²) in [5.74, 6) is 0.579. The fourth-order valence-corrected chi connectivity index (χ4v) is 5.26. The fourth-order valence-electron chi connectivity index (χ4n) is 4.98. The van der Waals surface area contributed by atoms with Crippen molar-refractivity contribution in [1.29, 1.82) is 0 Å². The number of allylic oxidation sites excluding steroid dienone is 1. The number of para-hydroxylation sites is 1. The van der Waals surface area contributed by atoms with Crippen molar-refractivity contribution in [3.8, 4) is 17.2 Å². The Hall–Kier alpha value is -5.42. The average Bonchev–Trinajstić information content (AvgIpc) is 3.06. The highest BCUT2D eigenvalue weighted by molar-refractivity contribution is 7.80. The molecule has 1 atom stereocenters. The molecule has 1 heterocycles. The van der Waals surface area contributed by atoms with Crippen molar-refractivity contribution in [1.82, 2.24) is 16.1 Å². The summed E-state index contributed by atoms with van der Waals surface area (Å²) < 4.78 is 22.7. The lowest BCUT2D eigenvalue weighted by atomic mass is 9.95. The summed E-state index contributed by atoms with van der Waals surface area (Å²) in [6.07, 6.45) is 1.50. The SMILES string of the molecule is CCOC(=O)C1=C(C)NC(=S)N[C@@H]1c1ccccc1OCC(=O)NN=Cc1ccc(OCc2ccc3ccccc3c2)c(OC)c1. The van der Waals surface area contributed by atoms with Crippen molar-refractivity contribution in [2.24, 2.45) is 5.10 Å². The number of hydrogen-bond donors (Lipinski definition) is 3. The van der Waals surface area contributed by atoms with E-state index in [4.69, 9.17) is 31.2 Å². The molecule has 46 heavy (non-hydrogen) atoms. The van der Waals surface area contributed by atoms with Crippen molar-refractivity contribution in [2.75, 3.05) is 20.3 Å². The minimum absolute atomic E-state index is 0.225. The van der Waals surface area contributed by atoms with Gasteiger partial charge in [-0.15, -0.1) is 0 Å². The number of hydrogen-bond acceptors (Lipinski definition) is 8. The van der Waals surface area contributed by atoms with Gasteiger partial charge in [0.2, 0.25) is 0 Å². The molecule has 4 aromatic rings. The van der Waals surface area contributed by atoms with Gasteiger partial charge in [-0.25, -0.2) is 10.2 Å². The smallest absolute Gasteiger partial charge is 0.338 e. The number of nitrogens with zero attached hydrogens (tertiary/aromatic N) is 1. The largest absolute Gasteiger partial charge is 0.493 e. The Bertz CT molecular complexity index is 1820. The predicted molar refractivity (Wildman–Crippen MR) is 180 cm³/mol. The molecule has 5 rings (SSSR count). The number of ether oxygens (including phenoxy) is 4. The number of nitrogens with one attached hydrogen (secondary N) is 3. The first-order valence-electron chi connectivity index (χ1n) is 14.6. The van der Waals surface area contributed by atoms with E-state index in [-0.39, 0.29) is 13.2 Å². The number of benzene rings is 4. The lowest BCUT2D eigenvalue weighted by molar-refractivity contribution is -0.139. The predicted octanol–water partition coefficient (Wildman–Crippen LogP) is 5.31. The lowest BCUT2D eigenvalue weighted by Gasteiger charge is -2.30. The Morgan fingerprint density at radius 1 is 0.935 bits per heavy atom. The summed E-state index contributed by atoms with van der Waals surface area (Å²) >= 11 is 5.33. The number of esters is 1. The second-order valence-electron chi connectivity index (χ2n) is 10.3. The Labute approximate surface area is 272 Å². The summed E-state index contributed by atoms with van der Waals surface area (Å²) in [4.78, 5) is 25.4. The quantitative estimate of drug-likeness (QED) is 0.0821. The highest BCUT2D eigenvalue weighted by Gasteiger charge is 2.32. The molecule has 1 aliphatic rings. The summed E-state index contributed by atoms with van der Waals surface area (Å²) in [6, 6.07) is 26.2. The van der Waals surface area contributed by atoms with Crippen LogP contribution in [0.25, 0.3) is 10.8 Å². The highest BCUT2D eigenvalue weighted by atomic mass is 32.1. The maximum Gasteiger partial charge on any atom is 0.338 e. The van der Waals surface area contributed by atoms with Gasteiger partial charge in [-0.1, -0.05) is 54.6 Å². The first kappa shape index (κ1) is 32.0. The second kappa shape index (κ2) is 15.0. The third-order valence-corrected chi connectivity index (χ3v) is 7.37. The zero-order chi connectivity index (χ0) is 32.5. The van der Waals surface area contributed by atoms with E-state index < -0.39 is 17.9 Å². The molecule has 0 fully saturated rings. The number of methoxy groups -OCH3 is 1. The number of carbonyl (C=O) groups is 2. The van der Waals surface area contributed by atoms with E-state index in [9.17, 15) is 9.59 Å². The molecule has 0 aromatic heterocycles. The molecule has 0 bridgehead atoms. The Kier molecular flexibility index (Phi) is 10.5. The maximum absolute atomic E-state index is 12.8. The van der Waals surface area contributed by atoms with Gasteiger partial charge >= 0.3 is 5.97 Å². The Balaban J connectivity index is 1.18. The number of amides is 1. The van der Waals surface area contributed by atoms with Crippen LogP contribution in [0.4, 0.5) is 0 Å². The molecule has 1 aliphatic heterocycles. The number of thiocarbonyl (C=S) groups is 1. The maximum atomic E-state index is 12.8. The molecule has 236 valence electrons. The van der Waals surface area contributed by atoms with Crippen molar-refractivity contribution in [3.63, 3.8) is 0 Å². The number of hydrazone groups is 1. The zero-order valence-corrected chi connectivity index (χ0v) is 26.5. The summed E-state index contributed by atoms with van der Waals surface area (Å²) in [5.41, 5.74) is 5.79. The molecular formula is C35H34N4O6S. The summed E-state index contributed by atoms with van der Waals surface area (Å²) in [5, 5.41) is 12.8. The van der Waals surface area contributed by atoms with Crippen molar-refractivity contribution in [3.05, 3.63) is 113 Å². The molecule has 0 unspecified atom stereocenters. The van der Waals surface area contributed by atoms with Gasteiger partial charge in [0.25, 0.3) is 5.91 Å². The number of carbonyl (C=O) groups excluding carboxylic acids is 2. The van der Waals surface area contributed by atoms with Crippen LogP contribution < -0.4 is 30.3 Å². The van der Waals surface area contributed by atoms with Gasteiger partial charge in [-0.2, -0.15) is 5.10 Å². The van der Waals surface area contributed by atoms with Crippen LogP contribution >= 0.6 is 12.2 Å². The Morgan fingerprint density at radius 3 is 2.52 bits per heavy atom. The molecule has 11 heteroatoms. The monoisotopic (exact) mass is 638 g/mol. The molecule has 4 aromatic carbocycles. The molecule has 0 saturated heterocycles. The van der Waals surface area contributed by atoms with Gasteiger partial charge in [0.15, 0.2) is 23.2 Å². The van der Waals surface area contributed by atoms with E-state index in [0.717, 1.165) is 10.9 Å². The van der Waals surface area contributed by atoms with E-state index in [1.807, 2.05) is 30.3 Å². The lowest BCUT2D eigenvalue weighted by Crippen LogP contribution is -2.45. The summed E-state index contributed by atoms with van der Waals surface area (Å²) in [7, 11) is 1.57. The average molecular weight is 639 g/mol. The summed E-state index contributed by atoms with van der Waals surface area (Å²) in [6.45, 7) is 3.79. The molecule has 10 nitrogen and oxygen atoms in total. The van der Waals surface area contributed by atoms with Crippen LogP contribution in [0.3, 0.4) is 0 Å². The highest BCUT2D eigenvalue weighted by Crippen LogP contribution is 2.34. The van der Waals surface area contributed by atoms with Crippen LogP contribution in [0.15, 0.2) is 101 Å². The second-order valence-corrected chi connectivity index (χ2v) is 10.7. The molecule has 0 saturated carbocycles. The van der Waals surface area contributed by atoms with Crippen molar-refractivity contribution >= 4 is 46.2 Å². The van der Waals surface area contributed by atoms with Gasteiger partial charge in [0.1, 0.15) is 12.4 Å². The molecular weight excluding hydrogens is 604 g/mol.